The molecule has 0 aliphatic carbocycles. The molecule has 0 saturated carbocycles. The Morgan fingerprint density at radius 3 is 2.27 bits per heavy atom. The van der Waals surface area contributed by atoms with Gasteiger partial charge in [0.1, 0.15) is 0 Å². The largest absolute Gasteiger partial charge is 0.466 e. The molecule has 0 saturated heterocycles. The summed E-state index contributed by atoms with van der Waals surface area (Å²) in [5, 5.41) is 0. The second kappa shape index (κ2) is 12.0. The van der Waals surface area contributed by atoms with E-state index in [0.717, 1.165) is 5.57 Å². The van der Waals surface area contributed by atoms with Crippen LogP contribution >= 0.6 is 0 Å². The van der Waals surface area contributed by atoms with E-state index in [-0.39, 0.29) is 17.9 Å². The van der Waals surface area contributed by atoms with E-state index in [1.54, 1.807) is 13.8 Å². The van der Waals surface area contributed by atoms with Gasteiger partial charge in [0.2, 0.25) is 0 Å². The van der Waals surface area contributed by atoms with Gasteiger partial charge in [0.15, 0.2) is 0 Å². The van der Waals surface area contributed by atoms with Crippen LogP contribution in [0.4, 0.5) is 0 Å². The quantitative estimate of drug-likeness (QED) is 0.458. The Hall–Kier alpha value is -1.62. The fourth-order valence-electron chi connectivity index (χ4n) is 2.08. The number of carbonyl (C=O) groups is 2. The molecule has 0 bridgehead atoms. The van der Waals surface area contributed by atoms with E-state index in [4.69, 9.17) is 9.47 Å². The molecule has 0 aliphatic rings. The molecular formula is C17H29NO4. The smallest absolute Gasteiger partial charge is 0.314 e. The van der Waals surface area contributed by atoms with Crippen LogP contribution in [0.5, 0.6) is 0 Å². The lowest BCUT2D eigenvalue weighted by Crippen LogP contribution is -2.34. The van der Waals surface area contributed by atoms with Crippen LogP contribution < -0.4 is 0 Å². The van der Waals surface area contributed by atoms with Crippen molar-refractivity contribution in [3.05, 3.63) is 23.8 Å². The topological polar surface area (TPSA) is 55.8 Å². The van der Waals surface area contributed by atoms with Gasteiger partial charge in [-0.05, 0) is 40.3 Å². The summed E-state index contributed by atoms with van der Waals surface area (Å²) < 4.78 is 10.1. The van der Waals surface area contributed by atoms with Crippen molar-refractivity contribution in [3.63, 3.8) is 0 Å². The Balaban J connectivity index is 4.75. The van der Waals surface area contributed by atoms with E-state index < -0.39 is 0 Å². The molecule has 0 aliphatic heterocycles. The predicted molar refractivity (Wildman–Crippen MR) is 87.4 cm³/mol. The van der Waals surface area contributed by atoms with E-state index in [1.165, 1.54) is 0 Å². The van der Waals surface area contributed by atoms with E-state index in [1.807, 2.05) is 44.0 Å². The summed E-state index contributed by atoms with van der Waals surface area (Å²) in [4.78, 5) is 25.5. The van der Waals surface area contributed by atoms with E-state index in [2.05, 4.69) is 0 Å². The van der Waals surface area contributed by atoms with Gasteiger partial charge in [-0.25, -0.2) is 0 Å². The van der Waals surface area contributed by atoms with Crippen molar-refractivity contribution >= 4 is 11.9 Å². The van der Waals surface area contributed by atoms with Crippen LogP contribution in [-0.2, 0) is 19.1 Å². The highest BCUT2D eigenvalue weighted by atomic mass is 16.5. The van der Waals surface area contributed by atoms with Crippen molar-refractivity contribution in [2.45, 2.75) is 34.1 Å². The molecule has 0 aromatic heterocycles. The van der Waals surface area contributed by atoms with Gasteiger partial charge in [0.05, 0.1) is 25.6 Å². The average molecular weight is 311 g/mol. The lowest BCUT2D eigenvalue weighted by molar-refractivity contribution is -0.147. The van der Waals surface area contributed by atoms with Crippen LogP contribution in [0.2, 0.25) is 0 Å². The first-order chi connectivity index (χ1) is 10.5. The van der Waals surface area contributed by atoms with Crippen molar-refractivity contribution in [2.75, 3.05) is 33.4 Å². The number of hydrogen-bond donors (Lipinski definition) is 0. The van der Waals surface area contributed by atoms with Crippen molar-refractivity contribution in [1.29, 1.82) is 0 Å². The maximum atomic E-state index is 12.2. The van der Waals surface area contributed by atoms with Gasteiger partial charge in [-0.1, -0.05) is 18.2 Å². The summed E-state index contributed by atoms with van der Waals surface area (Å²) in [6.07, 6.45) is 6.05. The molecule has 5 heteroatoms. The molecule has 0 spiro atoms. The molecule has 0 aromatic rings. The van der Waals surface area contributed by atoms with Crippen molar-refractivity contribution in [3.8, 4) is 0 Å². The minimum atomic E-state index is -0.353. The molecule has 1 atom stereocenters. The first-order valence-corrected chi connectivity index (χ1v) is 7.79. The summed E-state index contributed by atoms with van der Waals surface area (Å²) in [5.74, 6) is -0.813. The number of rotatable bonds is 10. The van der Waals surface area contributed by atoms with Gasteiger partial charge in [0, 0.05) is 13.1 Å². The van der Waals surface area contributed by atoms with Crippen LogP contribution in [-0.4, -0.2) is 50.2 Å². The second-order valence-corrected chi connectivity index (χ2v) is 4.91. The SMILES string of the molecule is C/C=C\C(=C/C)C(CN(C)CCC(=O)OCC)C(=O)OCC. The third-order valence-electron chi connectivity index (χ3n) is 3.16. The number of carbonyl (C=O) groups excluding carboxylic acids is 2. The minimum Gasteiger partial charge on any atom is -0.466 e. The lowest BCUT2D eigenvalue weighted by Gasteiger charge is -2.23. The Labute approximate surface area is 134 Å². The Morgan fingerprint density at radius 1 is 1.14 bits per heavy atom. The maximum Gasteiger partial charge on any atom is 0.314 e. The zero-order valence-electron chi connectivity index (χ0n) is 14.4. The van der Waals surface area contributed by atoms with E-state index in [0.29, 0.717) is 32.7 Å². The molecule has 22 heavy (non-hydrogen) atoms. The van der Waals surface area contributed by atoms with Gasteiger partial charge in [-0.15, -0.1) is 0 Å². The van der Waals surface area contributed by atoms with Crippen LogP contribution in [0.25, 0.3) is 0 Å². The fourth-order valence-corrected chi connectivity index (χ4v) is 2.08. The normalized spacial score (nSPS) is 13.5. The first kappa shape index (κ1) is 20.4. The highest BCUT2D eigenvalue weighted by molar-refractivity contribution is 5.77. The molecule has 0 radical (unpaired) electrons. The third kappa shape index (κ3) is 7.98. The molecule has 5 nitrogen and oxygen atoms in total. The molecule has 0 amide bonds. The number of hydrogen-bond acceptors (Lipinski definition) is 5. The number of esters is 2. The monoisotopic (exact) mass is 311 g/mol. The Kier molecular flexibility index (Phi) is 11.1. The fraction of sp³-hybridized carbons (Fsp3) is 0.647. The van der Waals surface area contributed by atoms with Gasteiger partial charge < -0.3 is 14.4 Å². The number of allylic oxidation sites excluding steroid dienone is 3. The number of ether oxygens (including phenoxy) is 2. The van der Waals surface area contributed by atoms with Crippen molar-refractivity contribution in [2.24, 2.45) is 5.92 Å². The molecule has 0 N–H and O–H groups in total. The maximum absolute atomic E-state index is 12.2. The molecule has 0 aromatic carbocycles. The number of nitrogens with zero attached hydrogens (tertiary/aromatic N) is 1. The molecule has 0 fully saturated rings. The van der Waals surface area contributed by atoms with Crippen molar-refractivity contribution in [1.82, 2.24) is 4.90 Å². The van der Waals surface area contributed by atoms with Crippen LogP contribution in [0, 0.1) is 5.92 Å². The van der Waals surface area contributed by atoms with Crippen molar-refractivity contribution < 1.29 is 19.1 Å². The molecule has 1 unspecified atom stereocenters. The zero-order valence-corrected chi connectivity index (χ0v) is 14.4. The summed E-state index contributed by atoms with van der Waals surface area (Å²) >= 11 is 0. The lowest BCUT2D eigenvalue weighted by atomic mass is 9.97. The average Bonchev–Trinajstić information content (AvgIpc) is 2.49. The highest BCUT2D eigenvalue weighted by Gasteiger charge is 2.24. The third-order valence-corrected chi connectivity index (χ3v) is 3.16. The van der Waals surface area contributed by atoms with Gasteiger partial charge >= 0.3 is 11.9 Å². The van der Waals surface area contributed by atoms with Gasteiger partial charge in [-0.3, -0.25) is 9.59 Å². The molecule has 0 rings (SSSR count). The van der Waals surface area contributed by atoms with Crippen LogP contribution in [0.3, 0.4) is 0 Å². The molecule has 126 valence electrons. The summed E-state index contributed by atoms with van der Waals surface area (Å²) in [7, 11) is 1.88. The molecule has 0 heterocycles. The summed E-state index contributed by atoms with van der Waals surface area (Å²) in [6.45, 7) is 9.19. The minimum absolute atomic E-state index is 0.221. The van der Waals surface area contributed by atoms with E-state index >= 15 is 0 Å². The van der Waals surface area contributed by atoms with E-state index in [9.17, 15) is 9.59 Å². The van der Waals surface area contributed by atoms with Crippen LogP contribution in [0.1, 0.15) is 34.1 Å². The van der Waals surface area contributed by atoms with Gasteiger partial charge in [0.25, 0.3) is 0 Å². The Bertz CT molecular complexity index is 401. The second-order valence-electron chi connectivity index (χ2n) is 4.91. The first-order valence-electron chi connectivity index (χ1n) is 7.79. The molecular weight excluding hydrogens is 282 g/mol. The van der Waals surface area contributed by atoms with Crippen LogP contribution in [0.15, 0.2) is 23.8 Å². The summed E-state index contributed by atoms with van der Waals surface area (Å²) in [5.41, 5.74) is 0.920. The zero-order chi connectivity index (χ0) is 17.0. The Morgan fingerprint density at radius 2 is 1.77 bits per heavy atom. The highest BCUT2D eigenvalue weighted by Crippen LogP contribution is 2.16. The van der Waals surface area contributed by atoms with Gasteiger partial charge in [-0.2, -0.15) is 0 Å². The summed E-state index contributed by atoms with van der Waals surface area (Å²) in [6, 6.07) is 0. The predicted octanol–water partition coefficient (Wildman–Crippen LogP) is 2.57. The standard InChI is InChI=1S/C17H29NO4/c1-6-10-14(7-2)15(17(20)22-9-4)13-18(5)12-11-16(19)21-8-3/h6-7,10,15H,8-9,11-13H2,1-5H3/b10-6-,14-7+.